The molecule has 1 aliphatic rings. The molecular weight excluding hydrogens is 280 g/mol. The molecule has 0 saturated heterocycles. The van der Waals surface area contributed by atoms with Crippen LogP contribution in [0.2, 0.25) is 0 Å². The molecular formula is C16H13N4S+. The Morgan fingerprint density at radius 2 is 1.67 bits per heavy atom. The summed E-state index contributed by atoms with van der Waals surface area (Å²) in [5.41, 5.74) is 3.27. The van der Waals surface area contributed by atoms with E-state index in [0.29, 0.717) is 0 Å². The van der Waals surface area contributed by atoms with Crippen LogP contribution < -0.4 is 4.68 Å². The van der Waals surface area contributed by atoms with Crippen molar-refractivity contribution in [1.29, 1.82) is 0 Å². The number of para-hydroxylation sites is 1. The van der Waals surface area contributed by atoms with Crippen LogP contribution in [-0.2, 0) is 0 Å². The Balaban J connectivity index is 1.83. The molecule has 2 aromatic carbocycles. The summed E-state index contributed by atoms with van der Waals surface area (Å²) in [6, 6.07) is 20.4. The second kappa shape index (κ2) is 5.18. The lowest BCUT2D eigenvalue weighted by Crippen LogP contribution is -2.39. The number of hydrogen-bond acceptors (Lipinski definition) is 3. The maximum atomic E-state index is 4.33. The predicted molar refractivity (Wildman–Crippen MR) is 82.1 cm³/mol. The van der Waals surface area contributed by atoms with Crippen molar-refractivity contribution in [3.63, 3.8) is 0 Å². The second-order valence-corrected chi connectivity index (χ2v) is 5.67. The minimum atomic E-state index is 0.921. The van der Waals surface area contributed by atoms with Crippen LogP contribution in [0.25, 0.3) is 11.4 Å². The van der Waals surface area contributed by atoms with Crippen LogP contribution in [0.5, 0.6) is 0 Å². The highest BCUT2D eigenvalue weighted by Crippen LogP contribution is 2.24. The number of tetrazole rings is 1. The number of rotatable bonds is 2. The first-order valence-electron chi connectivity index (χ1n) is 6.76. The fourth-order valence-corrected chi connectivity index (χ4v) is 3.29. The minimum absolute atomic E-state index is 0.921. The summed E-state index contributed by atoms with van der Waals surface area (Å²) in [4.78, 5) is 0. The number of nitrogens with zero attached hydrogens (tertiary/aromatic N) is 4. The molecule has 1 aliphatic heterocycles. The molecule has 0 radical (unpaired) electrons. The number of aromatic nitrogens is 4. The minimum Gasteiger partial charge on any atom is -0.0915 e. The van der Waals surface area contributed by atoms with Gasteiger partial charge in [-0.25, -0.2) is 0 Å². The third-order valence-electron chi connectivity index (χ3n) is 3.37. The topological polar surface area (TPSA) is 34.6 Å². The first-order valence-corrected chi connectivity index (χ1v) is 7.74. The molecule has 4 rings (SSSR count). The van der Waals surface area contributed by atoms with E-state index in [1.54, 1.807) is 11.8 Å². The van der Waals surface area contributed by atoms with E-state index in [2.05, 4.69) is 28.6 Å². The lowest BCUT2D eigenvalue weighted by molar-refractivity contribution is -0.683. The molecule has 0 unspecified atom stereocenters. The van der Waals surface area contributed by atoms with E-state index in [1.165, 1.54) is 0 Å². The van der Waals surface area contributed by atoms with Gasteiger partial charge in [-0.3, -0.25) is 0 Å². The van der Waals surface area contributed by atoms with Crippen LogP contribution in [0.4, 0.5) is 0 Å². The Bertz CT molecular complexity index is 794. The fourth-order valence-electron chi connectivity index (χ4n) is 2.38. The van der Waals surface area contributed by atoms with Gasteiger partial charge >= 0.3 is 5.16 Å². The first-order chi connectivity index (χ1) is 10.4. The van der Waals surface area contributed by atoms with Crippen LogP contribution in [0.1, 0.15) is 5.56 Å². The van der Waals surface area contributed by atoms with Gasteiger partial charge in [-0.2, -0.15) is 0 Å². The summed E-state index contributed by atoms with van der Waals surface area (Å²) in [5.74, 6) is 0.921. The molecule has 4 nitrogen and oxygen atoms in total. The first kappa shape index (κ1) is 12.3. The van der Waals surface area contributed by atoms with E-state index < -0.39 is 0 Å². The molecule has 0 spiro atoms. The van der Waals surface area contributed by atoms with Crippen molar-refractivity contribution in [3.05, 3.63) is 72.3 Å². The monoisotopic (exact) mass is 293 g/mol. The van der Waals surface area contributed by atoms with E-state index >= 15 is 0 Å². The zero-order chi connectivity index (χ0) is 14.1. The maximum Gasteiger partial charge on any atom is 0.328 e. The van der Waals surface area contributed by atoms with E-state index in [4.69, 9.17) is 0 Å². The molecule has 102 valence electrons. The lowest BCUT2D eigenvalue weighted by Gasteiger charge is -2.09. The average Bonchev–Trinajstić information content (AvgIpc) is 3.00. The Morgan fingerprint density at radius 3 is 2.43 bits per heavy atom. The second-order valence-electron chi connectivity index (χ2n) is 4.69. The largest absolute Gasteiger partial charge is 0.328 e. The van der Waals surface area contributed by atoms with Crippen LogP contribution in [0.3, 0.4) is 0 Å². The quantitative estimate of drug-likeness (QED) is 0.681. The van der Waals surface area contributed by atoms with Gasteiger partial charge in [-0.05, 0) is 34.7 Å². The summed E-state index contributed by atoms with van der Waals surface area (Å²) < 4.78 is 3.80. The highest BCUT2D eigenvalue weighted by Gasteiger charge is 2.28. The van der Waals surface area contributed by atoms with Gasteiger partial charge in [0.15, 0.2) is 5.21 Å². The van der Waals surface area contributed by atoms with Gasteiger partial charge < -0.3 is 0 Å². The fraction of sp³-hybridized carbons (Fsp3) is 0.0625. The van der Waals surface area contributed by atoms with Crippen LogP contribution in [-0.4, -0.2) is 20.9 Å². The Hall–Kier alpha value is -2.40. The van der Waals surface area contributed by atoms with Crippen molar-refractivity contribution in [2.75, 3.05) is 5.75 Å². The van der Waals surface area contributed by atoms with Gasteiger partial charge in [-0.1, -0.05) is 53.2 Å². The molecule has 1 aromatic heterocycles. The SMILES string of the molecule is C1=C(c2ccccc2)[n+]2nnn(-c3ccccc3)c2SC1. The summed E-state index contributed by atoms with van der Waals surface area (Å²) >= 11 is 1.74. The standard InChI is InChI=1S/C16H13N4S/c1-3-7-13(8-4-1)15-11-12-21-16-19(17-18-20(15)16)14-9-5-2-6-10-14/h1-11H,12H2/q+1. The molecule has 3 aromatic rings. The van der Waals surface area contributed by atoms with E-state index in [-0.39, 0.29) is 0 Å². The van der Waals surface area contributed by atoms with Gasteiger partial charge in [0, 0.05) is 11.3 Å². The summed E-state index contributed by atoms with van der Waals surface area (Å²) in [6.07, 6.45) is 2.19. The Morgan fingerprint density at radius 1 is 0.952 bits per heavy atom. The summed E-state index contributed by atoms with van der Waals surface area (Å²) in [7, 11) is 0. The zero-order valence-electron chi connectivity index (χ0n) is 11.3. The summed E-state index contributed by atoms with van der Waals surface area (Å²) in [6.45, 7) is 0. The molecule has 0 bridgehead atoms. The average molecular weight is 293 g/mol. The van der Waals surface area contributed by atoms with Gasteiger partial charge in [0.1, 0.15) is 16.6 Å². The molecule has 0 N–H and O–H groups in total. The molecule has 0 fully saturated rings. The van der Waals surface area contributed by atoms with Crippen molar-refractivity contribution in [1.82, 2.24) is 15.1 Å². The molecule has 0 atom stereocenters. The van der Waals surface area contributed by atoms with Crippen molar-refractivity contribution < 1.29 is 4.68 Å². The number of thioether (sulfide) groups is 1. The Kier molecular flexibility index (Phi) is 3.05. The van der Waals surface area contributed by atoms with E-state index in [9.17, 15) is 0 Å². The van der Waals surface area contributed by atoms with Gasteiger partial charge in [-0.15, -0.1) is 0 Å². The molecule has 21 heavy (non-hydrogen) atoms. The zero-order valence-corrected chi connectivity index (χ0v) is 12.1. The van der Waals surface area contributed by atoms with Gasteiger partial charge in [0.25, 0.3) is 0 Å². The number of benzene rings is 2. The number of fused-ring (bicyclic) bond motifs is 1. The van der Waals surface area contributed by atoms with Crippen LogP contribution in [0, 0.1) is 0 Å². The van der Waals surface area contributed by atoms with Crippen LogP contribution in [0.15, 0.2) is 71.9 Å². The van der Waals surface area contributed by atoms with Crippen molar-refractivity contribution >= 4 is 17.5 Å². The normalized spacial score (nSPS) is 13.6. The maximum absolute atomic E-state index is 4.33. The third kappa shape index (κ3) is 2.15. The molecule has 5 heteroatoms. The van der Waals surface area contributed by atoms with E-state index in [1.807, 2.05) is 57.9 Å². The van der Waals surface area contributed by atoms with Gasteiger partial charge in [0.2, 0.25) is 0 Å². The highest BCUT2D eigenvalue weighted by atomic mass is 32.2. The molecule has 0 aliphatic carbocycles. The highest BCUT2D eigenvalue weighted by molar-refractivity contribution is 7.99. The third-order valence-corrected chi connectivity index (χ3v) is 4.31. The van der Waals surface area contributed by atoms with Crippen LogP contribution >= 0.6 is 11.8 Å². The predicted octanol–water partition coefficient (Wildman–Crippen LogP) is 2.55. The summed E-state index contributed by atoms with van der Waals surface area (Å²) in [5, 5.41) is 9.67. The van der Waals surface area contributed by atoms with Crippen molar-refractivity contribution in [3.8, 4) is 5.69 Å². The molecule has 0 saturated carbocycles. The molecule has 2 heterocycles. The van der Waals surface area contributed by atoms with Crippen molar-refractivity contribution in [2.45, 2.75) is 5.16 Å². The molecule has 0 amide bonds. The van der Waals surface area contributed by atoms with E-state index in [0.717, 1.165) is 27.9 Å². The van der Waals surface area contributed by atoms with Crippen molar-refractivity contribution in [2.24, 2.45) is 0 Å². The smallest absolute Gasteiger partial charge is 0.0915 e. The van der Waals surface area contributed by atoms with Gasteiger partial charge in [0.05, 0.1) is 0 Å². The Labute approximate surface area is 126 Å². The lowest BCUT2D eigenvalue weighted by atomic mass is 10.1. The number of hydrogen-bond donors (Lipinski definition) is 0.